The van der Waals surface area contributed by atoms with Crippen molar-refractivity contribution in [3.8, 4) is 0 Å². The van der Waals surface area contributed by atoms with Gasteiger partial charge in [-0.05, 0) is 56.8 Å². The fourth-order valence-electron chi connectivity index (χ4n) is 5.85. The summed E-state index contributed by atoms with van der Waals surface area (Å²) in [5.74, 6) is 2.57. The summed E-state index contributed by atoms with van der Waals surface area (Å²) in [5.41, 5.74) is -0.467. The van der Waals surface area contributed by atoms with Gasteiger partial charge in [0.25, 0.3) is 5.91 Å². The third kappa shape index (κ3) is 2.05. The Labute approximate surface area is 141 Å². The second-order valence-electron chi connectivity index (χ2n) is 8.23. The van der Waals surface area contributed by atoms with Crippen LogP contribution in [0.2, 0.25) is 0 Å². The largest absolute Gasteiger partial charge is 0.455 e. The quantitative estimate of drug-likeness (QED) is 0.889. The maximum atomic E-state index is 12.9. The molecule has 4 nitrogen and oxygen atoms in total. The molecule has 3 unspecified atom stereocenters. The van der Waals surface area contributed by atoms with Gasteiger partial charge < -0.3 is 14.8 Å². The minimum absolute atomic E-state index is 0.108. The Balaban J connectivity index is 1.43. The fraction of sp³-hybridized carbons (Fsp3) is 0.550. The van der Waals surface area contributed by atoms with Crippen LogP contribution in [0.25, 0.3) is 10.8 Å². The number of benzene rings is 1. The smallest absolute Gasteiger partial charge is 0.287 e. The fourth-order valence-corrected chi connectivity index (χ4v) is 5.85. The lowest BCUT2D eigenvalue weighted by Crippen LogP contribution is -2.61. The molecule has 1 heterocycles. The third-order valence-corrected chi connectivity index (χ3v) is 6.55. The summed E-state index contributed by atoms with van der Waals surface area (Å²) in [6.07, 6.45) is 4.91. The first kappa shape index (κ1) is 14.5. The van der Waals surface area contributed by atoms with Crippen molar-refractivity contribution in [3.63, 3.8) is 0 Å². The van der Waals surface area contributed by atoms with Gasteiger partial charge >= 0.3 is 0 Å². The molecule has 2 aromatic rings. The summed E-state index contributed by atoms with van der Waals surface area (Å²) < 4.78 is 5.78. The van der Waals surface area contributed by atoms with Gasteiger partial charge in [-0.2, -0.15) is 0 Å². The zero-order valence-corrected chi connectivity index (χ0v) is 13.9. The van der Waals surface area contributed by atoms with Gasteiger partial charge in [0.05, 0.1) is 5.60 Å². The molecule has 1 aromatic heterocycles. The van der Waals surface area contributed by atoms with E-state index in [4.69, 9.17) is 4.42 Å². The maximum Gasteiger partial charge on any atom is 0.287 e. The highest BCUT2D eigenvalue weighted by Gasteiger charge is 2.55. The first-order valence-electron chi connectivity index (χ1n) is 9.04. The van der Waals surface area contributed by atoms with Gasteiger partial charge in [0, 0.05) is 16.8 Å². The molecule has 4 fully saturated rings. The van der Waals surface area contributed by atoms with Gasteiger partial charge in [-0.15, -0.1) is 0 Å². The molecular formula is C20H23NO3. The van der Waals surface area contributed by atoms with Crippen molar-refractivity contribution in [1.29, 1.82) is 0 Å². The Morgan fingerprint density at radius 2 is 1.83 bits per heavy atom. The molecule has 1 aromatic carbocycles. The van der Waals surface area contributed by atoms with E-state index in [0.29, 0.717) is 23.5 Å². The number of hydrogen-bond acceptors (Lipinski definition) is 3. The second kappa shape index (κ2) is 4.85. The Bertz CT molecular complexity index is 807. The highest BCUT2D eigenvalue weighted by molar-refractivity contribution is 6.05. The molecule has 4 aliphatic rings. The van der Waals surface area contributed by atoms with Crippen LogP contribution in [-0.2, 0) is 0 Å². The number of fused-ring (bicyclic) bond motifs is 1. The van der Waals surface area contributed by atoms with Gasteiger partial charge in [0.2, 0.25) is 0 Å². The molecule has 0 spiro atoms. The van der Waals surface area contributed by atoms with Crippen molar-refractivity contribution in [2.24, 2.45) is 17.8 Å². The van der Waals surface area contributed by atoms with E-state index in [1.807, 2.05) is 31.2 Å². The van der Waals surface area contributed by atoms with E-state index in [-0.39, 0.29) is 11.9 Å². The van der Waals surface area contributed by atoms with E-state index >= 15 is 0 Å². The lowest BCUT2D eigenvalue weighted by atomic mass is 9.52. The minimum atomic E-state index is -0.467. The third-order valence-electron chi connectivity index (χ3n) is 6.55. The first-order valence-corrected chi connectivity index (χ1v) is 9.04. The molecule has 0 radical (unpaired) electrons. The summed E-state index contributed by atoms with van der Waals surface area (Å²) >= 11 is 0. The van der Waals surface area contributed by atoms with Gasteiger partial charge in [0.1, 0.15) is 5.76 Å². The van der Waals surface area contributed by atoms with Crippen molar-refractivity contribution >= 4 is 16.7 Å². The van der Waals surface area contributed by atoms with Gasteiger partial charge in [-0.25, -0.2) is 0 Å². The number of aryl methyl sites for hydroxylation is 1. The number of aliphatic hydroxyl groups is 1. The van der Waals surface area contributed by atoms with E-state index in [2.05, 4.69) is 5.32 Å². The van der Waals surface area contributed by atoms with E-state index in [1.54, 1.807) is 0 Å². The predicted molar refractivity (Wildman–Crippen MR) is 90.7 cm³/mol. The van der Waals surface area contributed by atoms with Crippen LogP contribution in [0.4, 0.5) is 0 Å². The standard InChI is InChI=1S/C20H23NO3/c1-11-15-4-2-3-5-16(15)18(24-11)19(22)21-17-13-6-12-7-14(17)10-20(23,8-12)9-13/h2-5,12-14,17,23H,6-10H2,1H3,(H,21,22)/t12?,13-,14+,17?,20?. The van der Waals surface area contributed by atoms with Crippen LogP contribution in [0.15, 0.2) is 28.7 Å². The first-order chi connectivity index (χ1) is 11.5. The van der Waals surface area contributed by atoms with Crippen molar-refractivity contribution in [1.82, 2.24) is 5.32 Å². The van der Waals surface area contributed by atoms with Crippen molar-refractivity contribution in [2.45, 2.75) is 50.7 Å². The predicted octanol–water partition coefficient (Wildman–Crippen LogP) is 3.41. The van der Waals surface area contributed by atoms with Crippen molar-refractivity contribution in [3.05, 3.63) is 35.8 Å². The Kier molecular flexibility index (Phi) is 2.94. The molecule has 4 bridgehead atoms. The summed E-state index contributed by atoms with van der Waals surface area (Å²) in [6, 6.07) is 8.01. The highest BCUT2D eigenvalue weighted by Crippen LogP contribution is 2.55. The van der Waals surface area contributed by atoms with Crippen LogP contribution < -0.4 is 5.32 Å². The van der Waals surface area contributed by atoms with Crippen LogP contribution in [0.1, 0.15) is 48.4 Å². The van der Waals surface area contributed by atoms with Crippen LogP contribution in [0, 0.1) is 24.7 Å². The Hall–Kier alpha value is -1.81. The monoisotopic (exact) mass is 325 g/mol. The minimum Gasteiger partial charge on any atom is -0.455 e. The lowest BCUT2D eigenvalue weighted by molar-refractivity contribution is -0.137. The SMILES string of the molecule is Cc1oc(C(=O)NC2[C@@H]3CC4C[C@H]2CC(O)(C4)C3)c2ccccc12. The molecule has 4 heteroatoms. The molecule has 0 aliphatic heterocycles. The molecule has 5 atom stereocenters. The summed E-state index contributed by atoms with van der Waals surface area (Å²) in [6.45, 7) is 1.90. The maximum absolute atomic E-state index is 12.9. The van der Waals surface area contributed by atoms with Gasteiger partial charge in [-0.3, -0.25) is 4.79 Å². The van der Waals surface area contributed by atoms with E-state index in [9.17, 15) is 9.90 Å². The highest BCUT2D eigenvalue weighted by atomic mass is 16.4. The van der Waals surface area contributed by atoms with Crippen molar-refractivity contribution in [2.75, 3.05) is 0 Å². The van der Waals surface area contributed by atoms with Crippen LogP contribution in [-0.4, -0.2) is 22.7 Å². The number of rotatable bonds is 2. The lowest BCUT2D eigenvalue weighted by Gasteiger charge is -2.58. The molecule has 126 valence electrons. The number of furan rings is 1. The number of amides is 1. The zero-order chi connectivity index (χ0) is 16.5. The molecule has 4 aliphatic carbocycles. The number of nitrogens with one attached hydrogen (secondary N) is 1. The molecule has 2 N–H and O–H groups in total. The number of hydrogen-bond donors (Lipinski definition) is 2. The average Bonchev–Trinajstić information content (AvgIpc) is 2.87. The van der Waals surface area contributed by atoms with Crippen LogP contribution in [0.5, 0.6) is 0 Å². The molecule has 6 rings (SSSR count). The van der Waals surface area contributed by atoms with E-state index < -0.39 is 5.60 Å². The van der Waals surface area contributed by atoms with Crippen molar-refractivity contribution < 1.29 is 14.3 Å². The molecule has 1 amide bonds. The number of carbonyl (C=O) groups is 1. The van der Waals surface area contributed by atoms with Crippen LogP contribution in [0.3, 0.4) is 0 Å². The Morgan fingerprint density at radius 3 is 2.50 bits per heavy atom. The Morgan fingerprint density at radius 1 is 1.17 bits per heavy atom. The van der Waals surface area contributed by atoms with Gasteiger partial charge in [0.15, 0.2) is 5.76 Å². The van der Waals surface area contributed by atoms with Gasteiger partial charge in [-0.1, -0.05) is 24.3 Å². The molecule has 24 heavy (non-hydrogen) atoms. The normalized spacial score (nSPS) is 37.1. The molecule has 4 saturated carbocycles. The second-order valence-corrected chi connectivity index (χ2v) is 8.23. The summed E-state index contributed by atoms with van der Waals surface area (Å²) in [4.78, 5) is 12.9. The zero-order valence-electron chi connectivity index (χ0n) is 13.9. The van der Waals surface area contributed by atoms with E-state index in [1.165, 1.54) is 0 Å². The molecular weight excluding hydrogens is 302 g/mol. The average molecular weight is 325 g/mol. The molecule has 0 saturated heterocycles. The topological polar surface area (TPSA) is 62.5 Å². The van der Waals surface area contributed by atoms with Crippen LogP contribution >= 0.6 is 0 Å². The number of carbonyl (C=O) groups excluding carboxylic acids is 1. The van der Waals surface area contributed by atoms with E-state index in [0.717, 1.165) is 48.6 Å². The summed E-state index contributed by atoms with van der Waals surface area (Å²) in [5, 5.41) is 15.8. The summed E-state index contributed by atoms with van der Waals surface area (Å²) in [7, 11) is 0.